The van der Waals surface area contributed by atoms with Crippen LogP contribution in [0.5, 0.6) is 11.5 Å². The molecule has 5 heteroatoms. The van der Waals surface area contributed by atoms with Gasteiger partial charge in [-0.3, -0.25) is 0 Å². The van der Waals surface area contributed by atoms with Crippen molar-refractivity contribution in [1.82, 2.24) is 9.55 Å². The van der Waals surface area contributed by atoms with E-state index in [4.69, 9.17) is 15.2 Å². The number of hydrogen-bond acceptors (Lipinski definition) is 4. The van der Waals surface area contributed by atoms with Crippen LogP contribution in [0, 0.1) is 0 Å². The van der Waals surface area contributed by atoms with Gasteiger partial charge >= 0.3 is 0 Å². The van der Waals surface area contributed by atoms with Gasteiger partial charge in [-0.15, -0.1) is 0 Å². The van der Waals surface area contributed by atoms with Crippen LogP contribution in [0.2, 0.25) is 0 Å². The Morgan fingerprint density at radius 2 is 2.00 bits per heavy atom. The molecule has 0 fully saturated rings. The summed E-state index contributed by atoms with van der Waals surface area (Å²) >= 11 is 0. The second kappa shape index (κ2) is 5.86. The molecule has 0 aliphatic rings. The number of rotatable bonds is 5. The Kier molecular flexibility index (Phi) is 4.17. The van der Waals surface area contributed by atoms with Gasteiger partial charge in [-0.1, -0.05) is 13.0 Å². The first-order valence-electron chi connectivity index (χ1n) is 6.66. The van der Waals surface area contributed by atoms with Crippen molar-refractivity contribution >= 4 is 5.82 Å². The lowest BCUT2D eigenvalue weighted by atomic mass is 10.1. The number of benzene rings is 1. The third-order valence-corrected chi connectivity index (χ3v) is 3.36. The number of ether oxygens (including phenoxy) is 2. The second-order valence-corrected chi connectivity index (χ2v) is 4.61. The van der Waals surface area contributed by atoms with Crippen molar-refractivity contribution in [1.29, 1.82) is 0 Å². The van der Waals surface area contributed by atoms with Gasteiger partial charge in [0.2, 0.25) is 0 Å². The number of anilines is 1. The first-order chi connectivity index (χ1) is 9.63. The number of nitrogens with two attached hydrogens (primary N) is 1. The largest absolute Gasteiger partial charge is 0.493 e. The van der Waals surface area contributed by atoms with Gasteiger partial charge in [0.05, 0.1) is 14.2 Å². The predicted octanol–water partition coefficient (Wildman–Crippen LogP) is 2.64. The van der Waals surface area contributed by atoms with Gasteiger partial charge < -0.3 is 19.8 Å². The Labute approximate surface area is 119 Å². The number of hydrogen-bond donors (Lipinski definition) is 1. The molecule has 0 spiro atoms. The zero-order valence-corrected chi connectivity index (χ0v) is 12.4. The highest BCUT2D eigenvalue weighted by Gasteiger charge is 2.19. The molecule has 1 heterocycles. The van der Waals surface area contributed by atoms with Crippen LogP contribution in [-0.2, 0) is 13.5 Å². The van der Waals surface area contributed by atoms with E-state index in [0.717, 1.165) is 29.9 Å². The summed E-state index contributed by atoms with van der Waals surface area (Å²) in [6, 6.07) is 5.70. The Morgan fingerprint density at radius 3 is 2.60 bits per heavy atom. The molecule has 0 unspecified atom stereocenters. The molecular weight excluding hydrogens is 254 g/mol. The van der Waals surface area contributed by atoms with Crippen LogP contribution in [0.4, 0.5) is 5.82 Å². The van der Waals surface area contributed by atoms with Crippen molar-refractivity contribution in [2.75, 3.05) is 20.0 Å². The Bertz CT molecular complexity index is 605. The van der Waals surface area contributed by atoms with Crippen LogP contribution < -0.4 is 15.2 Å². The van der Waals surface area contributed by atoms with Crippen LogP contribution in [0.15, 0.2) is 18.2 Å². The Hall–Kier alpha value is -2.17. The summed E-state index contributed by atoms with van der Waals surface area (Å²) in [6.07, 6.45) is 1.92. The van der Waals surface area contributed by atoms with E-state index in [1.54, 1.807) is 14.2 Å². The average Bonchev–Trinajstić information content (AvgIpc) is 2.75. The molecule has 1 aromatic carbocycles. The molecule has 0 saturated heterocycles. The van der Waals surface area contributed by atoms with Crippen molar-refractivity contribution in [2.24, 2.45) is 7.05 Å². The minimum atomic E-state index is 0.639. The van der Waals surface area contributed by atoms with Gasteiger partial charge in [0.1, 0.15) is 17.3 Å². The van der Waals surface area contributed by atoms with Crippen molar-refractivity contribution in [3.8, 4) is 22.8 Å². The van der Waals surface area contributed by atoms with Crippen LogP contribution in [0.1, 0.15) is 19.2 Å². The topological polar surface area (TPSA) is 62.3 Å². The van der Waals surface area contributed by atoms with Crippen molar-refractivity contribution in [3.63, 3.8) is 0 Å². The molecule has 0 atom stereocenters. The molecule has 2 N–H and O–H groups in total. The first kappa shape index (κ1) is 14.2. The first-order valence-corrected chi connectivity index (χ1v) is 6.66. The van der Waals surface area contributed by atoms with Gasteiger partial charge in [-0.2, -0.15) is 0 Å². The van der Waals surface area contributed by atoms with Gasteiger partial charge in [-0.25, -0.2) is 4.98 Å². The van der Waals surface area contributed by atoms with Gasteiger partial charge in [-0.05, 0) is 18.6 Å². The number of imidazole rings is 1. The second-order valence-electron chi connectivity index (χ2n) is 4.61. The lowest BCUT2D eigenvalue weighted by molar-refractivity contribution is 0.356. The number of aromatic nitrogens is 2. The van der Waals surface area contributed by atoms with Crippen LogP contribution >= 0.6 is 0 Å². The fourth-order valence-corrected chi connectivity index (χ4v) is 2.28. The normalized spacial score (nSPS) is 10.6. The van der Waals surface area contributed by atoms with E-state index in [0.29, 0.717) is 17.3 Å². The van der Waals surface area contributed by atoms with E-state index in [9.17, 15) is 0 Å². The Morgan fingerprint density at radius 1 is 1.25 bits per heavy atom. The number of nitrogen functional groups attached to an aromatic ring is 1. The smallest absolute Gasteiger partial charge is 0.170 e. The molecule has 5 nitrogen and oxygen atoms in total. The highest BCUT2D eigenvalue weighted by Crippen LogP contribution is 2.39. The maximum absolute atomic E-state index is 6.18. The maximum atomic E-state index is 6.18. The number of aryl methyl sites for hydroxylation is 1. The minimum absolute atomic E-state index is 0.639. The maximum Gasteiger partial charge on any atom is 0.170 e. The third kappa shape index (κ3) is 2.31. The third-order valence-electron chi connectivity index (χ3n) is 3.36. The SMILES string of the molecule is CCCc1nc(-c2cccc(OC)c2OC)c(N)n1C. The molecule has 0 aliphatic heterocycles. The number of nitrogens with zero attached hydrogens (tertiary/aromatic N) is 2. The molecule has 0 aliphatic carbocycles. The molecule has 2 aromatic rings. The molecule has 0 bridgehead atoms. The van der Waals surface area contributed by atoms with E-state index >= 15 is 0 Å². The van der Waals surface area contributed by atoms with Gasteiger partial charge in [0.25, 0.3) is 0 Å². The Balaban J connectivity index is 2.59. The zero-order chi connectivity index (χ0) is 14.7. The summed E-state index contributed by atoms with van der Waals surface area (Å²) in [5, 5.41) is 0. The summed E-state index contributed by atoms with van der Waals surface area (Å²) in [5.41, 5.74) is 7.78. The average molecular weight is 275 g/mol. The lowest BCUT2D eigenvalue weighted by Crippen LogP contribution is -2.01. The number of methoxy groups -OCH3 is 2. The summed E-state index contributed by atoms with van der Waals surface area (Å²) < 4.78 is 12.7. The fourth-order valence-electron chi connectivity index (χ4n) is 2.28. The van der Waals surface area contributed by atoms with Gasteiger partial charge in [0.15, 0.2) is 11.5 Å². The molecule has 20 heavy (non-hydrogen) atoms. The molecule has 108 valence electrons. The fraction of sp³-hybridized carbons (Fsp3) is 0.400. The van der Waals surface area contributed by atoms with E-state index in [-0.39, 0.29) is 0 Å². The summed E-state index contributed by atoms with van der Waals surface area (Å²) in [6.45, 7) is 2.12. The predicted molar refractivity (Wildman–Crippen MR) is 80.2 cm³/mol. The summed E-state index contributed by atoms with van der Waals surface area (Å²) in [5.74, 6) is 2.94. The van der Waals surface area contributed by atoms with E-state index in [1.165, 1.54) is 0 Å². The van der Waals surface area contributed by atoms with Crippen molar-refractivity contribution in [3.05, 3.63) is 24.0 Å². The lowest BCUT2D eigenvalue weighted by Gasteiger charge is -2.11. The minimum Gasteiger partial charge on any atom is -0.493 e. The molecule has 0 radical (unpaired) electrons. The molecule has 0 saturated carbocycles. The van der Waals surface area contributed by atoms with E-state index in [2.05, 4.69) is 11.9 Å². The van der Waals surface area contributed by atoms with E-state index < -0.39 is 0 Å². The number of para-hydroxylation sites is 1. The van der Waals surface area contributed by atoms with Crippen LogP contribution in [0.3, 0.4) is 0 Å². The molecule has 1 aromatic heterocycles. The quantitative estimate of drug-likeness (QED) is 0.911. The zero-order valence-electron chi connectivity index (χ0n) is 12.4. The van der Waals surface area contributed by atoms with Gasteiger partial charge in [0, 0.05) is 19.0 Å². The van der Waals surface area contributed by atoms with Crippen molar-refractivity contribution < 1.29 is 9.47 Å². The monoisotopic (exact) mass is 275 g/mol. The molecule has 0 amide bonds. The van der Waals surface area contributed by atoms with Crippen molar-refractivity contribution in [2.45, 2.75) is 19.8 Å². The summed E-state index contributed by atoms with van der Waals surface area (Å²) in [4.78, 5) is 4.66. The molecule has 2 rings (SSSR count). The van der Waals surface area contributed by atoms with Crippen LogP contribution in [-0.4, -0.2) is 23.8 Å². The highest BCUT2D eigenvalue weighted by molar-refractivity contribution is 5.78. The highest BCUT2D eigenvalue weighted by atomic mass is 16.5. The van der Waals surface area contributed by atoms with Crippen LogP contribution in [0.25, 0.3) is 11.3 Å². The summed E-state index contributed by atoms with van der Waals surface area (Å²) in [7, 11) is 5.17. The molecular formula is C15H21N3O2. The van der Waals surface area contributed by atoms with E-state index in [1.807, 2.05) is 29.8 Å². The standard InChI is InChI=1S/C15H21N3O2/c1-5-7-12-17-13(15(16)18(12)2)10-8-6-9-11(19-3)14(10)20-4/h6,8-9H,5,7,16H2,1-4H3.